The van der Waals surface area contributed by atoms with Gasteiger partial charge in [0.1, 0.15) is 5.01 Å². The van der Waals surface area contributed by atoms with E-state index in [0.29, 0.717) is 0 Å². The van der Waals surface area contributed by atoms with E-state index in [9.17, 15) is 4.79 Å². The maximum atomic E-state index is 10.6. The predicted molar refractivity (Wildman–Crippen MR) is 68.2 cm³/mol. The minimum atomic E-state index is -0.785. The van der Waals surface area contributed by atoms with Crippen LogP contribution in [0.3, 0.4) is 0 Å². The Morgan fingerprint density at radius 2 is 2.12 bits per heavy atom. The maximum Gasteiger partial charge on any atom is 0.304 e. The van der Waals surface area contributed by atoms with Crippen LogP contribution in [0.1, 0.15) is 25.0 Å². The SMILES string of the molecule is CC(CC(=O)O)c1csc(-c2ccccc2)n1. The molecule has 1 aromatic carbocycles. The van der Waals surface area contributed by atoms with E-state index < -0.39 is 5.97 Å². The molecule has 3 nitrogen and oxygen atoms in total. The molecular weight excluding hydrogens is 234 g/mol. The van der Waals surface area contributed by atoms with Gasteiger partial charge < -0.3 is 5.11 Å². The molecule has 0 saturated heterocycles. The summed E-state index contributed by atoms with van der Waals surface area (Å²) in [7, 11) is 0. The Kier molecular flexibility index (Phi) is 3.54. The number of aliphatic carboxylic acids is 1. The molecule has 2 rings (SSSR count). The molecule has 0 aliphatic carbocycles. The van der Waals surface area contributed by atoms with E-state index in [1.54, 1.807) is 11.3 Å². The lowest BCUT2D eigenvalue weighted by Crippen LogP contribution is -2.02. The summed E-state index contributed by atoms with van der Waals surface area (Å²) in [6.07, 6.45) is 0.123. The number of carboxylic acids is 1. The molecule has 1 N–H and O–H groups in total. The third kappa shape index (κ3) is 2.91. The minimum Gasteiger partial charge on any atom is -0.481 e. The molecule has 0 bridgehead atoms. The second kappa shape index (κ2) is 5.10. The van der Waals surface area contributed by atoms with E-state index in [-0.39, 0.29) is 12.3 Å². The number of benzene rings is 1. The van der Waals surface area contributed by atoms with Gasteiger partial charge in [0.25, 0.3) is 0 Å². The Hall–Kier alpha value is -1.68. The first-order valence-electron chi connectivity index (χ1n) is 5.39. The Morgan fingerprint density at radius 3 is 2.76 bits per heavy atom. The third-order valence-corrected chi connectivity index (χ3v) is 3.44. The zero-order chi connectivity index (χ0) is 12.3. The van der Waals surface area contributed by atoms with Crippen LogP contribution in [-0.2, 0) is 4.79 Å². The van der Waals surface area contributed by atoms with Crippen molar-refractivity contribution >= 4 is 17.3 Å². The van der Waals surface area contributed by atoms with Crippen molar-refractivity contribution in [2.45, 2.75) is 19.3 Å². The molecule has 88 valence electrons. The molecule has 1 atom stereocenters. The maximum absolute atomic E-state index is 10.6. The first-order valence-corrected chi connectivity index (χ1v) is 6.27. The summed E-state index contributed by atoms with van der Waals surface area (Å²) < 4.78 is 0. The van der Waals surface area contributed by atoms with E-state index in [0.717, 1.165) is 16.3 Å². The van der Waals surface area contributed by atoms with E-state index in [1.165, 1.54) is 0 Å². The molecule has 0 fully saturated rings. The number of nitrogens with zero attached hydrogens (tertiary/aromatic N) is 1. The van der Waals surface area contributed by atoms with Gasteiger partial charge in [-0.25, -0.2) is 4.98 Å². The van der Waals surface area contributed by atoms with Crippen molar-refractivity contribution in [2.75, 3.05) is 0 Å². The second-order valence-corrected chi connectivity index (χ2v) is 4.80. The fourth-order valence-corrected chi connectivity index (χ4v) is 2.54. The molecule has 1 aromatic heterocycles. The minimum absolute atomic E-state index is 0.0405. The summed E-state index contributed by atoms with van der Waals surface area (Å²) in [6.45, 7) is 1.89. The highest BCUT2D eigenvalue weighted by Gasteiger charge is 2.14. The molecular formula is C13H13NO2S. The van der Waals surface area contributed by atoms with E-state index >= 15 is 0 Å². The average Bonchev–Trinajstić information content (AvgIpc) is 2.78. The van der Waals surface area contributed by atoms with Crippen LogP contribution in [0.15, 0.2) is 35.7 Å². The van der Waals surface area contributed by atoms with E-state index in [1.807, 2.05) is 42.6 Å². The van der Waals surface area contributed by atoms with Crippen LogP contribution < -0.4 is 0 Å². The van der Waals surface area contributed by atoms with Crippen LogP contribution in [0, 0.1) is 0 Å². The van der Waals surface area contributed by atoms with Crippen molar-refractivity contribution in [1.82, 2.24) is 4.98 Å². The second-order valence-electron chi connectivity index (χ2n) is 3.94. The van der Waals surface area contributed by atoms with Crippen molar-refractivity contribution in [3.8, 4) is 10.6 Å². The molecule has 2 aromatic rings. The predicted octanol–water partition coefficient (Wildman–Crippen LogP) is 3.39. The number of thiazole rings is 1. The van der Waals surface area contributed by atoms with Gasteiger partial charge in [0.15, 0.2) is 0 Å². The van der Waals surface area contributed by atoms with Crippen LogP contribution in [0.25, 0.3) is 10.6 Å². The van der Waals surface area contributed by atoms with E-state index in [2.05, 4.69) is 4.98 Å². The van der Waals surface area contributed by atoms with Gasteiger partial charge in [-0.1, -0.05) is 37.3 Å². The summed E-state index contributed by atoms with van der Waals surface area (Å²) in [5, 5.41) is 11.6. The number of rotatable bonds is 4. The van der Waals surface area contributed by atoms with Crippen molar-refractivity contribution in [2.24, 2.45) is 0 Å². The fourth-order valence-electron chi connectivity index (χ4n) is 1.59. The lowest BCUT2D eigenvalue weighted by Gasteiger charge is -2.03. The van der Waals surface area contributed by atoms with Gasteiger partial charge in [-0.05, 0) is 0 Å². The molecule has 4 heteroatoms. The summed E-state index contributed by atoms with van der Waals surface area (Å²) in [6, 6.07) is 9.91. The fraction of sp³-hybridized carbons (Fsp3) is 0.231. The summed E-state index contributed by atoms with van der Waals surface area (Å²) in [5.74, 6) is -0.826. The number of carbonyl (C=O) groups is 1. The highest BCUT2D eigenvalue weighted by Crippen LogP contribution is 2.27. The molecule has 0 amide bonds. The Balaban J connectivity index is 2.19. The van der Waals surface area contributed by atoms with Gasteiger partial charge in [0.2, 0.25) is 0 Å². The summed E-state index contributed by atoms with van der Waals surface area (Å²) in [5.41, 5.74) is 1.93. The first-order chi connectivity index (χ1) is 8.16. The molecule has 0 saturated carbocycles. The molecule has 0 spiro atoms. The van der Waals surface area contributed by atoms with Crippen molar-refractivity contribution in [3.63, 3.8) is 0 Å². The van der Waals surface area contributed by atoms with Gasteiger partial charge in [0, 0.05) is 16.9 Å². The monoisotopic (exact) mass is 247 g/mol. The van der Waals surface area contributed by atoms with Crippen LogP contribution in [0.5, 0.6) is 0 Å². The Bertz CT molecular complexity index is 507. The smallest absolute Gasteiger partial charge is 0.304 e. The largest absolute Gasteiger partial charge is 0.481 e. The summed E-state index contributed by atoms with van der Waals surface area (Å²) >= 11 is 1.55. The van der Waals surface area contributed by atoms with Gasteiger partial charge in [-0.3, -0.25) is 4.79 Å². The number of carboxylic acid groups (broad SMARTS) is 1. The highest BCUT2D eigenvalue weighted by molar-refractivity contribution is 7.13. The topological polar surface area (TPSA) is 50.2 Å². The van der Waals surface area contributed by atoms with Crippen LogP contribution in [0.2, 0.25) is 0 Å². The van der Waals surface area contributed by atoms with Crippen LogP contribution >= 0.6 is 11.3 Å². The number of aromatic nitrogens is 1. The van der Waals surface area contributed by atoms with E-state index in [4.69, 9.17) is 5.11 Å². The van der Waals surface area contributed by atoms with Gasteiger partial charge in [-0.15, -0.1) is 11.3 Å². The summed E-state index contributed by atoms with van der Waals surface area (Å²) in [4.78, 5) is 15.1. The van der Waals surface area contributed by atoms with Crippen molar-refractivity contribution in [1.29, 1.82) is 0 Å². The Labute approximate surface area is 104 Å². The lowest BCUT2D eigenvalue weighted by molar-refractivity contribution is -0.137. The highest BCUT2D eigenvalue weighted by atomic mass is 32.1. The Morgan fingerprint density at radius 1 is 1.41 bits per heavy atom. The molecule has 0 aliphatic rings. The van der Waals surface area contributed by atoms with Gasteiger partial charge in [0.05, 0.1) is 12.1 Å². The van der Waals surface area contributed by atoms with Crippen LogP contribution in [0.4, 0.5) is 0 Å². The molecule has 0 radical (unpaired) electrons. The van der Waals surface area contributed by atoms with Crippen LogP contribution in [-0.4, -0.2) is 16.1 Å². The van der Waals surface area contributed by atoms with Gasteiger partial charge >= 0.3 is 5.97 Å². The first kappa shape index (κ1) is 11.8. The zero-order valence-corrected chi connectivity index (χ0v) is 10.3. The molecule has 17 heavy (non-hydrogen) atoms. The van der Waals surface area contributed by atoms with Crippen molar-refractivity contribution in [3.05, 3.63) is 41.4 Å². The standard InChI is InChI=1S/C13H13NO2S/c1-9(7-12(15)16)11-8-17-13(14-11)10-5-3-2-4-6-10/h2-6,8-9H,7H2,1H3,(H,15,16). The van der Waals surface area contributed by atoms with Gasteiger partial charge in [-0.2, -0.15) is 0 Å². The molecule has 1 heterocycles. The lowest BCUT2D eigenvalue weighted by atomic mass is 10.1. The normalized spacial score (nSPS) is 12.3. The molecule has 0 aliphatic heterocycles. The molecule has 1 unspecified atom stereocenters. The zero-order valence-electron chi connectivity index (χ0n) is 9.46. The van der Waals surface area contributed by atoms with Crippen molar-refractivity contribution < 1.29 is 9.90 Å². The third-order valence-electron chi connectivity index (χ3n) is 2.53. The quantitative estimate of drug-likeness (QED) is 0.901. The number of hydrogen-bond donors (Lipinski definition) is 1. The average molecular weight is 247 g/mol. The number of hydrogen-bond acceptors (Lipinski definition) is 3.